The predicted octanol–water partition coefficient (Wildman–Crippen LogP) is 2.72. The Hall–Kier alpha value is -0.510. The summed E-state index contributed by atoms with van der Waals surface area (Å²) in [6.07, 6.45) is 3.41. The van der Waals surface area contributed by atoms with Crippen LogP contribution in [0.15, 0.2) is 24.3 Å². The molecule has 0 aromatic heterocycles. The van der Waals surface area contributed by atoms with Crippen molar-refractivity contribution in [3.63, 3.8) is 0 Å². The van der Waals surface area contributed by atoms with Crippen LogP contribution in [-0.2, 0) is 13.1 Å². The van der Waals surface area contributed by atoms with Crippen molar-refractivity contribution in [2.24, 2.45) is 5.73 Å². The summed E-state index contributed by atoms with van der Waals surface area (Å²) in [5, 5.41) is 0. The number of nitrogens with two attached hydrogens (primary N) is 1. The number of rotatable bonds is 7. The highest BCUT2D eigenvalue weighted by atomic mass is 32.2. The van der Waals surface area contributed by atoms with E-state index < -0.39 is 0 Å². The molecule has 2 nitrogen and oxygen atoms in total. The first-order chi connectivity index (χ1) is 8.17. The first-order valence-electron chi connectivity index (χ1n) is 6.14. The summed E-state index contributed by atoms with van der Waals surface area (Å²) in [4.78, 5) is 2.41. The van der Waals surface area contributed by atoms with E-state index in [1.807, 2.05) is 11.8 Å². The van der Waals surface area contributed by atoms with Gasteiger partial charge in [-0.2, -0.15) is 11.8 Å². The van der Waals surface area contributed by atoms with Crippen LogP contribution in [0.4, 0.5) is 0 Å². The molecule has 0 saturated carbocycles. The van der Waals surface area contributed by atoms with Gasteiger partial charge < -0.3 is 5.73 Å². The van der Waals surface area contributed by atoms with E-state index >= 15 is 0 Å². The molecule has 0 saturated heterocycles. The highest BCUT2D eigenvalue weighted by Gasteiger charge is 2.09. The highest BCUT2D eigenvalue weighted by Crippen LogP contribution is 2.12. The summed E-state index contributed by atoms with van der Waals surface area (Å²) in [7, 11) is 2.19. The van der Waals surface area contributed by atoms with E-state index in [9.17, 15) is 0 Å². The van der Waals surface area contributed by atoms with Gasteiger partial charge in [0.05, 0.1) is 0 Å². The van der Waals surface area contributed by atoms with E-state index in [-0.39, 0.29) is 0 Å². The second-order valence-electron chi connectivity index (χ2n) is 4.57. The molecular weight excluding hydrogens is 228 g/mol. The van der Waals surface area contributed by atoms with Gasteiger partial charge in [0, 0.05) is 19.1 Å². The van der Waals surface area contributed by atoms with Gasteiger partial charge >= 0.3 is 0 Å². The van der Waals surface area contributed by atoms with Gasteiger partial charge in [-0.1, -0.05) is 24.3 Å². The van der Waals surface area contributed by atoms with Crippen LogP contribution >= 0.6 is 11.8 Å². The lowest BCUT2D eigenvalue weighted by atomic mass is 10.1. The maximum absolute atomic E-state index is 5.66. The first-order valence-corrected chi connectivity index (χ1v) is 7.53. The fourth-order valence-electron chi connectivity index (χ4n) is 1.81. The van der Waals surface area contributed by atoms with E-state index in [1.54, 1.807) is 0 Å². The molecule has 1 atom stereocenters. The van der Waals surface area contributed by atoms with Gasteiger partial charge in [0.1, 0.15) is 0 Å². The number of nitrogens with zero attached hydrogens (tertiary/aromatic N) is 1. The smallest absolute Gasteiger partial charge is 0.0233 e. The minimum Gasteiger partial charge on any atom is -0.326 e. The summed E-state index contributed by atoms with van der Waals surface area (Å²) >= 11 is 1.92. The average molecular weight is 252 g/mol. The van der Waals surface area contributed by atoms with Crippen LogP contribution in [0, 0.1) is 0 Å². The quantitative estimate of drug-likeness (QED) is 0.809. The molecule has 0 aliphatic carbocycles. The number of thioether (sulfide) groups is 1. The molecule has 96 valence electrons. The summed E-state index contributed by atoms with van der Waals surface area (Å²) in [6.45, 7) is 3.92. The van der Waals surface area contributed by atoms with Crippen LogP contribution in [0.3, 0.4) is 0 Å². The molecule has 2 N–H and O–H groups in total. The minimum absolute atomic E-state index is 0.625. The average Bonchev–Trinajstić information content (AvgIpc) is 2.36. The molecule has 1 aromatic rings. The predicted molar refractivity (Wildman–Crippen MR) is 78.3 cm³/mol. The fourth-order valence-corrected chi connectivity index (χ4v) is 2.38. The molecule has 1 aromatic carbocycles. The Labute approximate surface area is 110 Å². The second-order valence-corrected chi connectivity index (χ2v) is 5.56. The molecule has 0 aliphatic rings. The van der Waals surface area contributed by atoms with E-state index in [0.29, 0.717) is 12.6 Å². The summed E-state index contributed by atoms with van der Waals surface area (Å²) in [5.74, 6) is 1.23. The van der Waals surface area contributed by atoms with Gasteiger partial charge in [0.2, 0.25) is 0 Å². The molecule has 1 unspecified atom stereocenters. The Kier molecular flexibility index (Phi) is 6.63. The third kappa shape index (κ3) is 5.11. The topological polar surface area (TPSA) is 29.3 Å². The molecule has 0 aliphatic heterocycles. The van der Waals surface area contributed by atoms with Crippen LogP contribution in [0.2, 0.25) is 0 Å². The molecule has 0 radical (unpaired) electrons. The SMILES string of the molecule is CSCCC(C)N(C)Cc1cccc(CN)c1. The number of benzene rings is 1. The van der Waals surface area contributed by atoms with Gasteiger partial charge in [0.25, 0.3) is 0 Å². The molecule has 0 heterocycles. The Morgan fingerprint density at radius 2 is 2.06 bits per heavy atom. The van der Waals surface area contributed by atoms with Gasteiger partial charge in [-0.25, -0.2) is 0 Å². The maximum Gasteiger partial charge on any atom is 0.0233 e. The third-order valence-electron chi connectivity index (χ3n) is 3.15. The van der Waals surface area contributed by atoms with Crippen molar-refractivity contribution >= 4 is 11.8 Å². The largest absolute Gasteiger partial charge is 0.326 e. The zero-order valence-corrected chi connectivity index (χ0v) is 12.0. The molecule has 3 heteroatoms. The molecule has 0 spiro atoms. The van der Waals surface area contributed by atoms with Crippen LogP contribution in [0.1, 0.15) is 24.5 Å². The second kappa shape index (κ2) is 7.75. The molecule has 17 heavy (non-hydrogen) atoms. The van der Waals surface area contributed by atoms with Crippen LogP contribution in [-0.4, -0.2) is 30.0 Å². The number of hydrogen-bond acceptors (Lipinski definition) is 3. The lowest BCUT2D eigenvalue weighted by molar-refractivity contribution is 0.245. The summed E-state index contributed by atoms with van der Waals surface area (Å²) < 4.78 is 0. The lowest BCUT2D eigenvalue weighted by Gasteiger charge is -2.24. The zero-order chi connectivity index (χ0) is 12.7. The molecule has 0 bridgehead atoms. The molecular formula is C14H24N2S. The monoisotopic (exact) mass is 252 g/mol. The van der Waals surface area contributed by atoms with Crippen molar-refractivity contribution in [1.82, 2.24) is 4.90 Å². The van der Waals surface area contributed by atoms with Crippen molar-refractivity contribution in [3.8, 4) is 0 Å². The van der Waals surface area contributed by atoms with Gasteiger partial charge in [-0.15, -0.1) is 0 Å². The summed E-state index contributed by atoms with van der Waals surface area (Å²) in [6, 6.07) is 9.19. The van der Waals surface area contributed by atoms with Crippen molar-refractivity contribution in [2.75, 3.05) is 19.1 Å². The molecule has 1 rings (SSSR count). The summed E-state index contributed by atoms with van der Waals surface area (Å²) in [5.41, 5.74) is 8.23. The third-order valence-corrected chi connectivity index (χ3v) is 3.80. The Morgan fingerprint density at radius 3 is 2.71 bits per heavy atom. The minimum atomic E-state index is 0.625. The normalized spacial score (nSPS) is 13.0. The van der Waals surface area contributed by atoms with Crippen molar-refractivity contribution in [2.45, 2.75) is 32.5 Å². The Balaban J connectivity index is 2.51. The van der Waals surface area contributed by atoms with Crippen molar-refractivity contribution in [3.05, 3.63) is 35.4 Å². The lowest BCUT2D eigenvalue weighted by Crippen LogP contribution is -2.29. The van der Waals surface area contributed by atoms with Crippen molar-refractivity contribution < 1.29 is 0 Å². The van der Waals surface area contributed by atoms with Crippen LogP contribution in [0.25, 0.3) is 0 Å². The van der Waals surface area contributed by atoms with Crippen LogP contribution < -0.4 is 5.73 Å². The first kappa shape index (κ1) is 14.6. The van der Waals surface area contributed by atoms with Gasteiger partial charge in [0.15, 0.2) is 0 Å². The zero-order valence-electron chi connectivity index (χ0n) is 11.1. The molecule has 0 fully saturated rings. The number of hydrogen-bond donors (Lipinski definition) is 1. The van der Waals surface area contributed by atoms with E-state index in [0.717, 1.165) is 6.54 Å². The molecule has 0 amide bonds. The van der Waals surface area contributed by atoms with E-state index in [1.165, 1.54) is 23.3 Å². The van der Waals surface area contributed by atoms with Gasteiger partial charge in [-0.05, 0) is 43.5 Å². The Bertz CT molecular complexity index is 328. The van der Waals surface area contributed by atoms with Gasteiger partial charge in [-0.3, -0.25) is 4.90 Å². The van der Waals surface area contributed by atoms with E-state index in [2.05, 4.69) is 49.4 Å². The maximum atomic E-state index is 5.66. The van der Waals surface area contributed by atoms with E-state index in [4.69, 9.17) is 5.73 Å². The van der Waals surface area contributed by atoms with Crippen molar-refractivity contribution in [1.29, 1.82) is 0 Å². The Morgan fingerprint density at radius 1 is 1.35 bits per heavy atom. The van der Waals surface area contributed by atoms with Crippen LogP contribution in [0.5, 0.6) is 0 Å². The standard InChI is InChI=1S/C14H24N2S/c1-12(7-8-17-3)16(2)11-14-6-4-5-13(9-14)10-15/h4-6,9,12H,7-8,10-11,15H2,1-3H3. The fraction of sp³-hybridized carbons (Fsp3) is 0.571. The highest BCUT2D eigenvalue weighted by molar-refractivity contribution is 7.98.